The highest BCUT2D eigenvalue weighted by Gasteiger charge is 2.23. The Balaban J connectivity index is 1.62. The van der Waals surface area contributed by atoms with Crippen LogP contribution in [0.3, 0.4) is 0 Å². The Bertz CT molecular complexity index is 642. The maximum absolute atomic E-state index is 12.6. The van der Waals surface area contributed by atoms with E-state index in [4.69, 9.17) is 4.74 Å². The second kappa shape index (κ2) is 7.88. The van der Waals surface area contributed by atoms with Gasteiger partial charge in [-0.15, -0.1) is 11.3 Å². The highest BCUT2D eigenvalue weighted by Crippen LogP contribution is 2.36. The van der Waals surface area contributed by atoms with Crippen LogP contribution in [0.15, 0.2) is 41.8 Å². The number of benzene rings is 1. The third kappa shape index (κ3) is 4.09. The smallest absolute Gasteiger partial charge is 0.227 e. The largest absolute Gasteiger partial charge is 0.496 e. The van der Waals surface area contributed by atoms with Crippen LogP contribution in [-0.2, 0) is 11.2 Å². The number of methoxy groups -OCH3 is 1. The van der Waals surface area contributed by atoms with Gasteiger partial charge in [-0.05, 0) is 23.9 Å². The van der Waals surface area contributed by atoms with E-state index in [9.17, 15) is 4.79 Å². The summed E-state index contributed by atoms with van der Waals surface area (Å²) < 4.78 is 5.35. The zero-order chi connectivity index (χ0) is 16.1. The van der Waals surface area contributed by atoms with Crippen molar-refractivity contribution >= 4 is 29.0 Å². The number of carbonyl (C=O) groups excluding carboxylic acids is 1. The van der Waals surface area contributed by atoms with E-state index in [0.29, 0.717) is 11.7 Å². The normalized spacial score (nSPS) is 18.5. The van der Waals surface area contributed by atoms with Gasteiger partial charge in [-0.2, -0.15) is 11.8 Å². The summed E-state index contributed by atoms with van der Waals surface area (Å²) in [5, 5.41) is 2.66. The lowest BCUT2D eigenvalue weighted by Gasteiger charge is -2.21. The number of rotatable bonds is 4. The van der Waals surface area contributed by atoms with Crippen LogP contribution >= 0.6 is 23.1 Å². The van der Waals surface area contributed by atoms with Gasteiger partial charge in [0.1, 0.15) is 5.75 Å². The van der Waals surface area contributed by atoms with Crippen molar-refractivity contribution in [2.24, 2.45) is 0 Å². The molecule has 0 saturated carbocycles. The number of carbonyl (C=O) groups is 1. The van der Waals surface area contributed by atoms with Gasteiger partial charge < -0.3 is 9.64 Å². The summed E-state index contributed by atoms with van der Waals surface area (Å²) in [5.41, 5.74) is 0.965. The molecule has 2 heterocycles. The molecule has 0 bridgehead atoms. The average molecular weight is 348 g/mol. The number of amides is 1. The van der Waals surface area contributed by atoms with Crippen molar-refractivity contribution in [2.45, 2.75) is 18.1 Å². The van der Waals surface area contributed by atoms with E-state index in [2.05, 4.69) is 17.5 Å². The highest BCUT2D eigenvalue weighted by molar-refractivity contribution is 7.99. The molecule has 5 heteroatoms. The Morgan fingerprint density at radius 3 is 2.91 bits per heavy atom. The second-order valence-corrected chi connectivity index (χ2v) is 7.82. The molecule has 1 saturated heterocycles. The van der Waals surface area contributed by atoms with E-state index < -0.39 is 0 Å². The molecular formula is C18H21NO2S2. The summed E-state index contributed by atoms with van der Waals surface area (Å²) >= 11 is 3.78. The van der Waals surface area contributed by atoms with Crippen molar-refractivity contribution in [3.8, 4) is 5.75 Å². The number of thiophene rings is 1. The van der Waals surface area contributed by atoms with Crippen molar-refractivity contribution in [1.82, 2.24) is 4.90 Å². The van der Waals surface area contributed by atoms with E-state index >= 15 is 0 Å². The third-order valence-corrected chi connectivity index (χ3v) is 6.53. The zero-order valence-electron chi connectivity index (χ0n) is 13.2. The summed E-state index contributed by atoms with van der Waals surface area (Å²) in [6.45, 7) is 1.67. The van der Waals surface area contributed by atoms with Gasteiger partial charge in [0.25, 0.3) is 0 Å². The van der Waals surface area contributed by atoms with Gasteiger partial charge in [0.2, 0.25) is 5.91 Å². The second-order valence-electron chi connectivity index (χ2n) is 5.53. The number of para-hydroxylation sites is 1. The summed E-state index contributed by atoms with van der Waals surface area (Å²) in [5.74, 6) is 1.99. The molecule has 122 valence electrons. The van der Waals surface area contributed by atoms with Gasteiger partial charge in [-0.3, -0.25) is 4.79 Å². The Morgan fingerprint density at radius 1 is 1.26 bits per heavy atom. The molecule has 3 rings (SSSR count). The predicted molar refractivity (Wildman–Crippen MR) is 97.4 cm³/mol. The van der Waals surface area contributed by atoms with Crippen molar-refractivity contribution in [1.29, 1.82) is 0 Å². The van der Waals surface area contributed by atoms with Crippen LogP contribution in [0.25, 0.3) is 0 Å². The van der Waals surface area contributed by atoms with Gasteiger partial charge in [0.05, 0.1) is 13.5 Å². The van der Waals surface area contributed by atoms with Crippen LogP contribution in [0, 0.1) is 0 Å². The molecule has 1 atom stereocenters. The predicted octanol–water partition coefficient (Wildman–Crippen LogP) is 4.01. The molecule has 2 aromatic rings. The molecule has 0 unspecified atom stereocenters. The minimum absolute atomic E-state index is 0.196. The number of nitrogens with zero attached hydrogens (tertiary/aromatic N) is 1. The Hall–Kier alpha value is -1.46. The molecule has 0 aliphatic carbocycles. The van der Waals surface area contributed by atoms with Crippen LogP contribution < -0.4 is 4.74 Å². The van der Waals surface area contributed by atoms with E-state index in [-0.39, 0.29) is 5.91 Å². The summed E-state index contributed by atoms with van der Waals surface area (Å²) in [6, 6.07) is 12.1. The monoisotopic (exact) mass is 347 g/mol. The van der Waals surface area contributed by atoms with Crippen LogP contribution in [0.1, 0.15) is 22.1 Å². The zero-order valence-corrected chi connectivity index (χ0v) is 14.9. The van der Waals surface area contributed by atoms with Gasteiger partial charge in [0, 0.05) is 34.5 Å². The first-order chi connectivity index (χ1) is 11.3. The first kappa shape index (κ1) is 16.4. The maximum atomic E-state index is 12.6. The molecule has 1 fully saturated rings. The molecule has 1 aromatic carbocycles. The first-order valence-electron chi connectivity index (χ1n) is 7.82. The molecule has 0 N–H and O–H groups in total. The number of ether oxygens (including phenoxy) is 1. The molecule has 0 spiro atoms. The molecule has 1 aliphatic rings. The van der Waals surface area contributed by atoms with E-state index in [1.54, 1.807) is 7.11 Å². The quantitative estimate of drug-likeness (QED) is 0.837. The van der Waals surface area contributed by atoms with Gasteiger partial charge in [-0.25, -0.2) is 0 Å². The minimum atomic E-state index is 0.196. The Labute approximate surface area is 145 Å². The van der Waals surface area contributed by atoms with Crippen LogP contribution in [-0.4, -0.2) is 36.8 Å². The highest BCUT2D eigenvalue weighted by atomic mass is 32.2. The number of hydrogen-bond donors (Lipinski definition) is 0. The minimum Gasteiger partial charge on any atom is -0.496 e. The van der Waals surface area contributed by atoms with Crippen molar-refractivity contribution in [3.63, 3.8) is 0 Å². The topological polar surface area (TPSA) is 29.5 Å². The molecule has 0 radical (unpaired) electrons. The van der Waals surface area contributed by atoms with Gasteiger partial charge in [-0.1, -0.05) is 24.3 Å². The summed E-state index contributed by atoms with van der Waals surface area (Å²) in [4.78, 5) is 16.1. The lowest BCUT2D eigenvalue weighted by atomic mass is 10.1. The standard InChI is InChI=1S/C18H21NO2S2/c1-21-15-6-3-2-5-14(15)13-18(20)19-9-8-17(23-12-10-19)16-7-4-11-22-16/h2-7,11,17H,8-10,12-13H2,1H3/t17-/m1/s1. The van der Waals surface area contributed by atoms with Crippen molar-refractivity contribution in [3.05, 3.63) is 52.2 Å². The van der Waals surface area contributed by atoms with E-state index in [0.717, 1.165) is 36.6 Å². The lowest BCUT2D eigenvalue weighted by Crippen LogP contribution is -2.34. The Morgan fingerprint density at radius 2 is 2.13 bits per heavy atom. The first-order valence-corrected chi connectivity index (χ1v) is 9.75. The van der Waals surface area contributed by atoms with Crippen molar-refractivity contribution < 1.29 is 9.53 Å². The van der Waals surface area contributed by atoms with Crippen molar-refractivity contribution in [2.75, 3.05) is 26.0 Å². The average Bonchev–Trinajstić information content (AvgIpc) is 3.00. The Kier molecular flexibility index (Phi) is 5.62. The maximum Gasteiger partial charge on any atom is 0.227 e. The number of thioether (sulfide) groups is 1. The van der Waals surface area contributed by atoms with Gasteiger partial charge >= 0.3 is 0 Å². The number of hydrogen-bond acceptors (Lipinski definition) is 4. The fourth-order valence-electron chi connectivity index (χ4n) is 2.85. The van der Waals surface area contributed by atoms with Gasteiger partial charge in [0.15, 0.2) is 0 Å². The van der Waals surface area contributed by atoms with E-state index in [1.807, 2.05) is 52.3 Å². The molecule has 3 nitrogen and oxygen atoms in total. The molecule has 1 aromatic heterocycles. The lowest BCUT2D eigenvalue weighted by molar-refractivity contribution is -0.130. The van der Waals surface area contributed by atoms with Crippen LogP contribution in [0.5, 0.6) is 5.75 Å². The molecule has 23 heavy (non-hydrogen) atoms. The fourth-order valence-corrected chi connectivity index (χ4v) is 5.08. The summed E-state index contributed by atoms with van der Waals surface area (Å²) in [6.07, 6.45) is 1.45. The van der Waals surface area contributed by atoms with Crippen LogP contribution in [0.4, 0.5) is 0 Å². The molecule has 1 aliphatic heterocycles. The third-order valence-electron chi connectivity index (χ3n) is 4.09. The molecule has 1 amide bonds. The summed E-state index contributed by atoms with van der Waals surface area (Å²) in [7, 11) is 1.65. The fraction of sp³-hybridized carbons (Fsp3) is 0.389. The van der Waals surface area contributed by atoms with Crippen LogP contribution in [0.2, 0.25) is 0 Å². The van der Waals surface area contributed by atoms with E-state index in [1.165, 1.54) is 4.88 Å². The molecular weight excluding hydrogens is 326 g/mol. The SMILES string of the molecule is COc1ccccc1CC(=O)N1CCS[C@@H](c2cccs2)CC1.